The Labute approximate surface area is 193 Å². The lowest BCUT2D eigenvalue weighted by molar-refractivity contribution is -0.140. The molecule has 0 aromatic heterocycles. The molecule has 0 saturated heterocycles. The van der Waals surface area contributed by atoms with Crippen molar-refractivity contribution in [3.05, 3.63) is 64.1 Å². The second kappa shape index (κ2) is 10.8. The minimum absolute atomic E-state index is 0.0532. The molecule has 2 rings (SSSR count). The Morgan fingerprint density at radius 3 is 2.32 bits per heavy atom. The molecule has 7 nitrogen and oxygen atoms in total. The standard InChI is InChI=1S/C21H25Cl2N3O4S/c1-4-19(21(28)24-2)25(13-15-8-5-6-11-18(15)23)20(27)14-26(31(3,29)30)17-10-7-9-16(22)12-17/h5-12,19H,4,13-14H2,1-3H3,(H,24,28)/t19-/m1/s1. The molecule has 10 heteroatoms. The molecule has 2 amide bonds. The van der Waals surface area contributed by atoms with Crippen LogP contribution in [-0.2, 0) is 26.2 Å². The fourth-order valence-corrected chi connectivity index (χ4v) is 4.36. The summed E-state index contributed by atoms with van der Waals surface area (Å²) in [6.45, 7) is 1.34. The number of carbonyl (C=O) groups is 2. The number of nitrogens with one attached hydrogen (secondary N) is 1. The van der Waals surface area contributed by atoms with Crippen LogP contribution in [0.4, 0.5) is 5.69 Å². The third-order valence-corrected chi connectivity index (χ3v) is 6.45. The molecule has 0 saturated carbocycles. The van der Waals surface area contributed by atoms with Crippen LogP contribution in [0.3, 0.4) is 0 Å². The molecule has 0 aliphatic rings. The van der Waals surface area contributed by atoms with Gasteiger partial charge in [-0.3, -0.25) is 13.9 Å². The number of carbonyl (C=O) groups excluding carboxylic acids is 2. The van der Waals surface area contributed by atoms with E-state index in [9.17, 15) is 18.0 Å². The molecule has 0 heterocycles. The van der Waals surface area contributed by atoms with Gasteiger partial charge in [-0.25, -0.2) is 8.42 Å². The molecule has 2 aromatic rings. The van der Waals surface area contributed by atoms with E-state index in [-0.39, 0.29) is 18.1 Å². The number of amides is 2. The lowest BCUT2D eigenvalue weighted by atomic mass is 10.1. The molecule has 2 aromatic carbocycles. The summed E-state index contributed by atoms with van der Waals surface area (Å²) in [5.41, 5.74) is 0.905. The van der Waals surface area contributed by atoms with Crippen molar-refractivity contribution >= 4 is 50.7 Å². The SMILES string of the molecule is CC[C@H](C(=O)NC)N(Cc1ccccc1Cl)C(=O)CN(c1cccc(Cl)c1)S(C)(=O)=O. The molecular weight excluding hydrogens is 461 g/mol. The fraction of sp³-hybridized carbons (Fsp3) is 0.333. The topological polar surface area (TPSA) is 86.8 Å². The molecule has 1 atom stereocenters. The monoisotopic (exact) mass is 485 g/mol. The average molecular weight is 486 g/mol. The van der Waals surface area contributed by atoms with Crippen molar-refractivity contribution in [1.82, 2.24) is 10.2 Å². The first-order valence-corrected chi connectivity index (χ1v) is 12.2. The van der Waals surface area contributed by atoms with Crippen LogP contribution in [0, 0.1) is 0 Å². The third kappa shape index (κ3) is 6.59. The van der Waals surface area contributed by atoms with Gasteiger partial charge < -0.3 is 10.2 Å². The molecule has 0 unspecified atom stereocenters. The van der Waals surface area contributed by atoms with E-state index in [0.29, 0.717) is 22.0 Å². The summed E-state index contributed by atoms with van der Waals surface area (Å²) in [5.74, 6) is -0.891. The van der Waals surface area contributed by atoms with Crippen LogP contribution < -0.4 is 9.62 Å². The highest BCUT2D eigenvalue weighted by Crippen LogP contribution is 2.24. The van der Waals surface area contributed by atoms with Crippen LogP contribution >= 0.6 is 23.2 Å². The van der Waals surface area contributed by atoms with Gasteiger partial charge >= 0.3 is 0 Å². The molecule has 0 fully saturated rings. The Bertz CT molecular complexity index is 1050. The van der Waals surface area contributed by atoms with Gasteiger partial charge in [0.05, 0.1) is 11.9 Å². The number of nitrogens with zero attached hydrogens (tertiary/aromatic N) is 2. The van der Waals surface area contributed by atoms with Crippen molar-refractivity contribution in [3.8, 4) is 0 Å². The number of sulfonamides is 1. The highest BCUT2D eigenvalue weighted by Gasteiger charge is 2.31. The van der Waals surface area contributed by atoms with Gasteiger partial charge in [0.15, 0.2) is 0 Å². The van der Waals surface area contributed by atoms with E-state index in [1.54, 1.807) is 49.4 Å². The number of anilines is 1. The van der Waals surface area contributed by atoms with Crippen molar-refractivity contribution in [1.29, 1.82) is 0 Å². The van der Waals surface area contributed by atoms with E-state index in [1.165, 1.54) is 18.0 Å². The van der Waals surface area contributed by atoms with Crippen LogP contribution in [0.1, 0.15) is 18.9 Å². The highest BCUT2D eigenvalue weighted by molar-refractivity contribution is 7.92. The van der Waals surface area contributed by atoms with E-state index in [1.807, 2.05) is 0 Å². The van der Waals surface area contributed by atoms with Crippen LogP contribution in [0.25, 0.3) is 0 Å². The molecule has 0 aliphatic carbocycles. The Morgan fingerprint density at radius 1 is 1.10 bits per heavy atom. The summed E-state index contributed by atoms with van der Waals surface area (Å²) in [6.07, 6.45) is 1.35. The maximum absolute atomic E-state index is 13.4. The number of hydrogen-bond donors (Lipinski definition) is 1. The molecule has 31 heavy (non-hydrogen) atoms. The quantitative estimate of drug-likeness (QED) is 0.589. The Balaban J connectivity index is 2.44. The van der Waals surface area contributed by atoms with Crippen molar-refractivity contribution in [2.75, 3.05) is 24.2 Å². The molecular formula is C21H25Cl2N3O4S. The van der Waals surface area contributed by atoms with Gasteiger partial charge in [-0.1, -0.05) is 54.4 Å². The predicted molar refractivity (Wildman–Crippen MR) is 124 cm³/mol. The normalized spacial score (nSPS) is 12.2. The maximum Gasteiger partial charge on any atom is 0.244 e. The molecule has 0 radical (unpaired) electrons. The molecule has 1 N–H and O–H groups in total. The van der Waals surface area contributed by atoms with E-state index >= 15 is 0 Å². The highest BCUT2D eigenvalue weighted by atomic mass is 35.5. The van der Waals surface area contributed by atoms with Gasteiger partial charge in [-0.05, 0) is 36.2 Å². The maximum atomic E-state index is 13.4. The second-order valence-corrected chi connectivity index (χ2v) is 9.65. The number of hydrogen-bond acceptors (Lipinski definition) is 4. The molecule has 168 valence electrons. The Kier molecular flexibility index (Phi) is 8.73. The second-order valence-electron chi connectivity index (χ2n) is 6.90. The fourth-order valence-electron chi connectivity index (χ4n) is 3.14. The smallest absolute Gasteiger partial charge is 0.244 e. The zero-order chi connectivity index (χ0) is 23.2. The minimum Gasteiger partial charge on any atom is -0.357 e. The van der Waals surface area contributed by atoms with Gasteiger partial charge in [0, 0.05) is 23.6 Å². The Morgan fingerprint density at radius 2 is 1.77 bits per heavy atom. The predicted octanol–water partition coefficient (Wildman–Crippen LogP) is 3.31. The molecule has 0 spiro atoms. The number of rotatable bonds is 9. The lowest BCUT2D eigenvalue weighted by Crippen LogP contribution is -2.51. The van der Waals surface area contributed by atoms with E-state index < -0.39 is 28.5 Å². The van der Waals surface area contributed by atoms with Gasteiger partial charge in [0.1, 0.15) is 12.6 Å². The van der Waals surface area contributed by atoms with Gasteiger partial charge in [-0.15, -0.1) is 0 Å². The number of benzene rings is 2. The number of halogens is 2. The summed E-state index contributed by atoms with van der Waals surface area (Å²) in [4.78, 5) is 27.2. The van der Waals surface area contributed by atoms with Crippen molar-refractivity contribution < 1.29 is 18.0 Å². The van der Waals surface area contributed by atoms with E-state index in [4.69, 9.17) is 23.2 Å². The summed E-state index contributed by atoms with van der Waals surface area (Å²) in [5, 5.41) is 3.34. The van der Waals surface area contributed by atoms with Crippen molar-refractivity contribution in [3.63, 3.8) is 0 Å². The average Bonchev–Trinajstić information content (AvgIpc) is 2.71. The summed E-state index contributed by atoms with van der Waals surface area (Å²) in [6, 6.07) is 12.4. The third-order valence-electron chi connectivity index (χ3n) is 4.71. The van der Waals surface area contributed by atoms with Gasteiger partial charge in [0.2, 0.25) is 21.8 Å². The van der Waals surface area contributed by atoms with Crippen LogP contribution in [0.5, 0.6) is 0 Å². The van der Waals surface area contributed by atoms with Crippen LogP contribution in [-0.4, -0.2) is 51.0 Å². The lowest BCUT2D eigenvalue weighted by Gasteiger charge is -2.32. The number of likely N-dealkylation sites (N-methyl/N-ethyl adjacent to an activating group) is 1. The largest absolute Gasteiger partial charge is 0.357 e. The first-order chi connectivity index (χ1) is 14.6. The van der Waals surface area contributed by atoms with E-state index in [2.05, 4.69) is 5.32 Å². The molecule has 0 bridgehead atoms. The first-order valence-electron chi connectivity index (χ1n) is 9.56. The zero-order valence-corrected chi connectivity index (χ0v) is 19.8. The Hall–Kier alpha value is -2.29. The summed E-state index contributed by atoms with van der Waals surface area (Å²) in [7, 11) is -2.32. The first kappa shape index (κ1) is 25.0. The molecule has 0 aliphatic heterocycles. The van der Waals surface area contributed by atoms with E-state index in [0.717, 1.165) is 10.6 Å². The van der Waals surface area contributed by atoms with Crippen molar-refractivity contribution in [2.24, 2.45) is 0 Å². The van der Waals surface area contributed by atoms with Crippen molar-refractivity contribution in [2.45, 2.75) is 25.9 Å². The van der Waals surface area contributed by atoms with Crippen LogP contribution in [0.2, 0.25) is 10.0 Å². The van der Waals surface area contributed by atoms with Crippen LogP contribution in [0.15, 0.2) is 48.5 Å². The minimum atomic E-state index is -3.80. The zero-order valence-electron chi connectivity index (χ0n) is 17.5. The van der Waals surface area contributed by atoms with Gasteiger partial charge in [0.25, 0.3) is 0 Å². The van der Waals surface area contributed by atoms with Gasteiger partial charge in [-0.2, -0.15) is 0 Å². The summed E-state index contributed by atoms with van der Waals surface area (Å²) >= 11 is 12.3. The summed E-state index contributed by atoms with van der Waals surface area (Å²) < 4.78 is 25.9.